The summed E-state index contributed by atoms with van der Waals surface area (Å²) in [5.41, 5.74) is 0. The molecule has 0 fully saturated rings. The predicted molar refractivity (Wildman–Crippen MR) is 74.3 cm³/mol. The number of nitrogens with one attached hydrogen (secondary N) is 2. The van der Waals surface area contributed by atoms with Gasteiger partial charge >= 0.3 is 0 Å². The van der Waals surface area contributed by atoms with Crippen LogP contribution in [-0.2, 0) is 4.79 Å². The molecule has 108 valence electrons. The van der Waals surface area contributed by atoms with E-state index in [4.69, 9.17) is 4.52 Å². The maximum absolute atomic E-state index is 11.8. The number of aromatic nitrogens is 3. The van der Waals surface area contributed by atoms with Crippen LogP contribution in [0.2, 0.25) is 0 Å². The zero-order chi connectivity index (χ0) is 14.5. The molecule has 2 N–H and O–H groups in total. The van der Waals surface area contributed by atoms with Gasteiger partial charge < -0.3 is 15.2 Å². The molecule has 0 bridgehead atoms. The summed E-state index contributed by atoms with van der Waals surface area (Å²) in [6, 6.07) is 3.82. The average Bonchev–Trinajstić information content (AvgIpc) is 3.07. The molecular weight excluding hydrogens is 258 g/mol. The van der Waals surface area contributed by atoms with Crippen LogP contribution in [0.3, 0.4) is 0 Å². The van der Waals surface area contributed by atoms with Crippen molar-refractivity contribution in [3.05, 3.63) is 30.3 Å². The zero-order valence-corrected chi connectivity index (χ0v) is 11.8. The first kappa shape index (κ1) is 14.3. The molecular formula is C13H19N5O2. The molecule has 0 aliphatic rings. The molecule has 2 aromatic heterocycles. The first-order valence-electron chi connectivity index (χ1n) is 6.52. The van der Waals surface area contributed by atoms with E-state index in [9.17, 15) is 4.79 Å². The Morgan fingerprint density at radius 1 is 1.50 bits per heavy atom. The molecule has 0 unspecified atom stereocenters. The Morgan fingerprint density at radius 3 is 2.90 bits per heavy atom. The van der Waals surface area contributed by atoms with Crippen molar-refractivity contribution in [1.29, 1.82) is 0 Å². The van der Waals surface area contributed by atoms with E-state index in [1.54, 1.807) is 19.2 Å². The second-order valence-corrected chi connectivity index (χ2v) is 4.77. The van der Waals surface area contributed by atoms with Gasteiger partial charge in [0.15, 0.2) is 5.82 Å². The maximum Gasteiger partial charge on any atom is 0.239 e. The topological polar surface area (TPSA) is 85.0 Å². The normalized spacial score (nSPS) is 13.9. The molecule has 0 radical (unpaired) electrons. The molecule has 0 aliphatic carbocycles. The van der Waals surface area contributed by atoms with Crippen molar-refractivity contribution in [3.63, 3.8) is 0 Å². The summed E-state index contributed by atoms with van der Waals surface area (Å²) in [4.78, 5) is 11.8. The number of nitrogens with zero attached hydrogens (tertiary/aromatic N) is 3. The fraction of sp³-hybridized carbons (Fsp3) is 0.462. The van der Waals surface area contributed by atoms with Crippen molar-refractivity contribution < 1.29 is 9.32 Å². The SMILES string of the molecule is Cc1cc(NC(=O)CN[C@H](C)[C@H](C)n2cccn2)no1. The van der Waals surface area contributed by atoms with Crippen LogP contribution in [0.25, 0.3) is 0 Å². The minimum absolute atomic E-state index is 0.111. The monoisotopic (exact) mass is 277 g/mol. The highest BCUT2D eigenvalue weighted by Gasteiger charge is 2.15. The van der Waals surface area contributed by atoms with Gasteiger partial charge in [0.1, 0.15) is 5.76 Å². The number of carbonyl (C=O) groups excluding carboxylic acids is 1. The minimum atomic E-state index is -0.155. The summed E-state index contributed by atoms with van der Waals surface area (Å²) in [6.07, 6.45) is 3.64. The molecule has 0 saturated heterocycles. The van der Waals surface area contributed by atoms with Gasteiger partial charge in [-0.25, -0.2) is 0 Å². The summed E-state index contributed by atoms with van der Waals surface area (Å²) in [5, 5.41) is 13.7. The van der Waals surface area contributed by atoms with Crippen LogP contribution in [-0.4, -0.2) is 33.4 Å². The van der Waals surface area contributed by atoms with Gasteiger partial charge in [-0.2, -0.15) is 5.10 Å². The second-order valence-electron chi connectivity index (χ2n) is 4.77. The van der Waals surface area contributed by atoms with Gasteiger partial charge in [-0.15, -0.1) is 0 Å². The molecule has 0 aliphatic heterocycles. The third kappa shape index (κ3) is 3.67. The Morgan fingerprint density at radius 2 is 2.30 bits per heavy atom. The standard InChI is InChI=1S/C13H19N5O2/c1-9-7-12(17-20-9)16-13(19)8-14-10(2)11(3)18-6-4-5-15-18/h4-7,10-11,14H,8H2,1-3H3,(H,16,17,19)/t10-,11+/m1/s1. The van der Waals surface area contributed by atoms with E-state index in [1.807, 2.05) is 30.8 Å². The summed E-state index contributed by atoms with van der Waals surface area (Å²) in [5.74, 6) is 0.939. The van der Waals surface area contributed by atoms with Crippen molar-refractivity contribution in [2.24, 2.45) is 0 Å². The highest BCUT2D eigenvalue weighted by molar-refractivity contribution is 5.91. The zero-order valence-electron chi connectivity index (χ0n) is 11.8. The number of amides is 1. The average molecular weight is 277 g/mol. The molecule has 0 saturated carbocycles. The van der Waals surface area contributed by atoms with Crippen molar-refractivity contribution in [2.45, 2.75) is 32.9 Å². The van der Waals surface area contributed by atoms with E-state index in [2.05, 4.69) is 20.9 Å². The van der Waals surface area contributed by atoms with Gasteiger partial charge in [0, 0.05) is 24.5 Å². The van der Waals surface area contributed by atoms with Crippen LogP contribution in [0.1, 0.15) is 25.6 Å². The summed E-state index contributed by atoms with van der Waals surface area (Å²) < 4.78 is 6.74. The fourth-order valence-corrected chi connectivity index (χ4v) is 1.79. The lowest BCUT2D eigenvalue weighted by atomic mass is 10.2. The molecule has 7 heteroatoms. The van der Waals surface area contributed by atoms with Crippen molar-refractivity contribution in [1.82, 2.24) is 20.3 Å². The van der Waals surface area contributed by atoms with Crippen LogP contribution in [0.4, 0.5) is 5.82 Å². The maximum atomic E-state index is 11.8. The Balaban J connectivity index is 1.78. The van der Waals surface area contributed by atoms with Crippen LogP contribution >= 0.6 is 0 Å². The van der Waals surface area contributed by atoms with E-state index in [-0.39, 0.29) is 24.5 Å². The molecule has 20 heavy (non-hydrogen) atoms. The third-order valence-corrected chi connectivity index (χ3v) is 3.15. The lowest BCUT2D eigenvalue weighted by Gasteiger charge is -2.21. The smallest absolute Gasteiger partial charge is 0.239 e. The van der Waals surface area contributed by atoms with Gasteiger partial charge in [0.2, 0.25) is 5.91 Å². The first-order valence-corrected chi connectivity index (χ1v) is 6.52. The molecule has 2 atom stereocenters. The number of aryl methyl sites for hydroxylation is 1. The van der Waals surface area contributed by atoms with Gasteiger partial charge in [-0.1, -0.05) is 5.16 Å². The van der Waals surface area contributed by atoms with E-state index in [1.165, 1.54) is 0 Å². The summed E-state index contributed by atoms with van der Waals surface area (Å²) in [6.45, 7) is 6.04. The van der Waals surface area contributed by atoms with E-state index in [0.717, 1.165) is 0 Å². The fourth-order valence-electron chi connectivity index (χ4n) is 1.79. The second kappa shape index (κ2) is 6.33. The molecule has 2 heterocycles. The van der Waals surface area contributed by atoms with Crippen LogP contribution in [0.5, 0.6) is 0 Å². The third-order valence-electron chi connectivity index (χ3n) is 3.15. The van der Waals surface area contributed by atoms with E-state index >= 15 is 0 Å². The van der Waals surface area contributed by atoms with Crippen LogP contribution < -0.4 is 10.6 Å². The molecule has 0 spiro atoms. The van der Waals surface area contributed by atoms with Gasteiger partial charge in [0.05, 0.1) is 12.6 Å². The molecule has 7 nitrogen and oxygen atoms in total. The molecule has 1 amide bonds. The Kier molecular flexibility index (Phi) is 4.52. The number of carbonyl (C=O) groups is 1. The molecule has 2 rings (SSSR count). The molecule has 0 aromatic carbocycles. The van der Waals surface area contributed by atoms with Gasteiger partial charge in [-0.05, 0) is 26.8 Å². The summed E-state index contributed by atoms with van der Waals surface area (Å²) in [7, 11) is 0. The lowest BCUT2D eigenvalue weighted by molar-refractivity contribution is -0.115. The van der Waals surface area contributed by atoms with Crippen LogP contribution in [0.15, 0.2) is 29.0 Å². The first-order chi connectivity index (χ1) is 9.56. The van der Waals surface area contributed by atoms with Gasteiger partial charge in [0.25, 0.3) is 0 Å². The van der Waals surface area contributed by atoms with E-state index in [0.29, 0.717) is 11.6 Å². The number of hydrogen-bond donors (Lipinski definition) is 2. The minimum Gasteiger partial charge on any atom is -0.360 e. The Labute approximate surface area is 117 Å². The largest absolute Gasteiger partial charge is 0.360 e. The number of anilines is 1. The quantitative estimate of drug-likeness (QED) is 0.832. The number of rotatable bonds is 6. The van der Waals surface area contributed by atoms with E-state index < -0.39 is 0 Å². The Hall–Kier alpha value is -2.15. The van der Waals surface area contributed by atoms with Gasteiger partial charge in [-0.3, -0.25) is 9.48 Å². The highest BCUT2D eigenvalue weighted by atomic mass is 16.5. The predicted octanol–water partition coefficient (Wildman–Crippen LogP) is 1.36. The molecule has 2 aromatic rings. The highest BCUT2D eigenvalue weighted by Crippen LogP contribution is 2.09. The summed E-state index contributed by atoms with van der Waals surface area (Å²) >= 11 is 0. The van der Waals surface area contributed by atoms with Crippen molar-refractivity contribution >= 4 is 11.7 Å². The van der Waals surface area contributed by atoms with Crippen molar-refractivity contribution in [2.75, 3.05) is 11.9 Å². The Bertz CT molecular complexity index is 549. The van der Waals surface area contributed by atoms with Crippen LogP contribution in [0, 0.1) is 6.92 Å². The van der Waals surface area contributed by atoms with Crippen molar-refractivity contribution in [3.8, 4) is 0 Å². The lowest BCUT2D eigenvalue weighted by Crippen LogP contribution is -2.39. The number of hydrogen-bond acceptors (Lipinski definition) is 5.